The molecule has 0 aliphatic carbocycles. The Labute approximate surface area is 235 Å². The van der Waals surface area contributed by atoms with Crippen LogP contribution in [0.15, 0.2) is 36.5 Å². The molecule has 3 aliphatic rings. The Kier molecular flexibility index (Phi) is 7.58. The number of nitrogens with zero attached hydrogens (tertiary/aromatic N) is 5. The summed E-state index contributed by atoms with van der Waals surface area (Å²) in [6.07, 6.45) is 4.09. The molecule has 1 N–H and O–H groups in total. The van der Waals surface area contributed by atoms with Crippen LogP contribution in [0.2, 0.25) is 0 Å². The molecular formula is C31H37FN6O2. The quantitative estimate of drug-likeness (QED) is 0.452. The van der Waals surface area contributed by atoms with E-state index in [1.54, 1.807) is 12.3 Å². The molecule has 5 heterocycles. The SMILES string of the molecule is CC(C)(c1ccc2cnc(Nc3cc(N4CCOCC4)c(C#N)cc3F)cc2n1)C1CCN(CC2COC2)CC1. The highest BCUT2D eigenvalue weighted by Gasteiger charge is 2.36. The highest BCUT2D eigenvalue weighted by Crippen LogP contribution is 2.38. The number of fused-ring (bicyclic) bond motifs is 1. The lowest BCUT2D eigenvalue weighted by molar-refractivity contribution is -0.0508. The van der Waals surface area contributed by atoms with Gasteiger partial charge in [-0.2, -0.15) is 5.26 Å². The van der Waals surface area contributed by atoms with Crippen molar-refractivity contribution >= 4 is 28.1 Å². The number of halogens is 1. The first-order chi connectivity index (χ1) is 19.4. The van der Waals surface area contributed by atoms with Gasteiger partial charge in [-0.3, -0.25) is 4.98 Å². The van der Waals surface area contributed by atoms with E-state index in [-0.39, 0.29) is 11.1 Å². The van der Waals surface area contributed by atoms with Crippen molar-refractivity contribution in [2.45, 2.75) is 32.1 Å². The van der Waals surface area contributed by atoms with Gasteiger partial charge in [0.1, 0.15) is 17.7 Å². The standard InChI is InChI=1S/C31H37FN6O2/c1-31(2,24-5-7-37(8-6-24)18-21-19-40-20-21)29-4-3-22-17-34-30(15-26(22)35-29)36-27-14-28(23(16-33)13-25(27)32)38-9-11-39-12-10-38/h3-4,13-15,17,21,24H,5-12,18-20H2,1-2H3,(H,34,36). The second-order valence-electron chi connectivity index (χ2n) is 11.8. The summed E-state index contributed by atoms with van der Waals surface area (Å²) in [6, 6.07) is 11.2. The van der Waals surface area contributed by atoms with Crippen molar-refractivity contribution < 1.29 is 13.9 Å². The van der Waals surface area contributed by atoms with E-state index < -0.39 is 5.82 Å². The first-order valence-electron chi connectivity index (χ1n) is 14.3. The summed E-state index contributed by atoms with van der Waals surface area (Å²) in [5, 5.41) is 13.7. The number of hydrogen-bond donors (Lipinski definition) is 1. The van der Waals surface area contributed by atoms with Gasteiger partial charge in [0.25, 0.3) is 0 Å². The van der Waals surface area contributed by atoms with Gasteiger partial charge in [0.05, 0.1) is 48.9 Å². The molecule has 3 fully saturated rings. The minimum atomic E-state index is -0.491. The number of ether oxygens (including phenoxy) is 2. The Balaban J connectivity index is 1.20. The van der Waals surface area contributed by atoms with E-state index >= 15 is 4.39 Å². The fourth-order valence-corrected chi connectivity index (χ4v) is 6.20. The van der Waals surface area contributed by atoms with Crippen LogP contribution in [0.5, 0.6) is 0 Å². The second kappa shape index (κ2) is 11.3. The Morgan fingerprint density at radius 2 is 1.85 bits per heavy atom. The van der Waals surface area contributed by atoms with E-state index in [1.807, 2.05) is 6.07 Å². The Morgan fingerprint density at radius 3 is 2.55 bits per heavy atom. The molecule has 3 aromatic rings. The number of anilines is 3. The van der Waals surface area contributed by atoms with Crippen molar-refractivity contribution in [3.05, 3.63) is 53.6 Å². The molecule has 0 radical (unpaired) electrons. The van der Waals surface area contributed by atoms with Gasteiger partial charge in [-0.1, -0.05) is 13.8 Å². The minimum Gasteiger partial charge on any atom is -0.381 e. The van der Waals surface area contributed by atoms with E-state index in [1.165, 1.54) is 6.07 Å². The minimum absolute atomic E-state index is 0.0665. The van der Waals surface area contributed by atoms with Gasteiger partial charge in [-0.25, -0.2) is 9.37 Å². The van der Waals surface area contributed by atoms with Crippen molar-refractivity contribution in [3.63, 3.8) is 0 Å². The molecule has 0 amide bonds. The number of pyridine rings is 2. The molecule has 40 heavy (non-hydrogen) atoms. The van der Waals surface area contributed by atoms with Crippen LogP contribution in [-0.2, 0) is 14.9 Å². The van der Waals surface area contributed by atoms with Crippen LogP contribution in [0.1, 0.15) is 37.9 Å². The molecule has 2 aromatic heterocycles. The number of likely N-dealkylation sites (tertiary alicyclic amines) is 1. The van der Waals surface area contributed by atoms with Gasteiger partial charge in [0.2, 0.25) is 0 Å². The number of nitriles is 1. The van der Waals surface area contributed by atoms with Crippen molar-refractivity contribution in [1.29, 1.82) is 5.26 Å². The number of benzene rings is 1. The van der Waals surface area contributed by atoms with Crippen LogP contribution >= 0.6 is 0 Å². The van der Waals surface area contributed by atoms with Gasteiger partial charge in [0.15, 0.2) is 0 Å². The van der Waals surface area contributed by atoms with Crippen LogP contribution < -0.4 is 10.2 Å². The zero-order chi connectivity index (χ0) is 27.7. The molecule has 0 bridgehead atoms. The van der Waals surface area contributed by atoms with Crippen LogP contribution in [0.4, 0.5) is 21.6 Å². The maximum Gasteiger partial charge on any atom is 0.148 e. The number of aromatic nitrogens is 2. The van der Waals surface area contributed by atoms with Crippen LogP contribution in [0.3, 0.4) is 0 Å². The molecule has 0 spiro atoms. The molecule has 6 rings (SSSR count). The summed E-state index contributed by atoms with van der Waals surface area (Å²) in [5.41, 5.74) is 3.12. The lowest BCUT2D eigenvalue weighted by Crippen LogP contribution is -2.45. The third kappa shape index (κ3) is 5.49. The van der Waals surface area contributed by atoms with E-state index in [0.29, 0.717) is 55.2 Å². The summed E-state index contributed by atoms with van der Waals surface area (Å²) >= 11 is 0. The lowest BCUT2D eigenvalue weighted by atomic mass is 9.71. The monoisotopic (exact) mass is 544 g/mol. The summed E-state index contributed by atoms with van der Waals surface area (Å²) < 4.78 is 25.8. The molecule has 3 aliphatic heterocycles. The van der Waals surface area contributed by atoms with Gasteiger partial charge >= 0.3 is 0 Å². The predicted octanol–water partition coefficient (Wildman–Crippen LogP) is 4.86. The topological polar surface area (TPSA) is 86.5 Å². The second-order valence-corrected chi connectivity index (χ2v) is 11.8. The summed E-state index contributed by atoms with van der Waals surface area (Å²) in [4.78, 5) is 14.3. The number of hydrogen-bond acceptors (Lipinski definition) is 8. The number of rotatable bonds is 7. The summed E-state index contributed by atoms with van der Waals surface area (Å²) in [7, 11) is 0. The van der Waals surface area contributed by atoms with Crippen molar-refractivity contribution in [2.24, 2.45) is 11.8 Å². The fourth-order valence-electron chi connectivity index (χ4n) is 6.20. The highest BCUT2D eigenvalue weighted by atomic mass is 19.1. The van der Waals surface area contributed by atoms with E-state index in [9.17, 15) is 5.26 Å². The molecule has 0 saturated carbocycles. The first kappa shape index (κ1) is 26.9. The number of piperidine rings is 1. The van der Waals surface area contributed by atoms with Gasteiger partial charge in [-0.15, -0.1) is 0 Å². The average Bonchev–Trinajstić information content (AvgIpc) is 2.96. The number of morpholine rings is 1. The maximum absolute atomic E-state index is 15.0. The molecule has 210 valence electrons. The maximum atomic E-state index is 15.0. The number of nitrogens with one attached hydrogen (secondary N) is 1. The van der Waals surface area contributed by atoms with E-state index in [0.717, 1.165) is 62.3 Å². The molecule has 0 atom stereocenters. The normalized spacial score (nSPS) is 19.4. The molecule has 9 heteroatoms. The molecule has 0 unspecified atom stereocenters. The molecule has 1 aromatic carbocycles. The van der Waals surface area contributed by atoms with E-state index in [4.69, 9.17) is 14.5 Å². The molecule has 8 nitrogen and oxygen atoms in total. The smallest absolute Gasteiger partial charge is 0.148 e. The Bertz CT molecular complexity index is 1400. The van der Waals surface area contributed by atoms with Crippen LogP contribution in [0, 0.1) is 29.0 Å². The largest absolute Gasteiger partial charge is 0.381 e. The van der Waals surface area contributed by atoms with E-state index in [2.05, 4.69) is 52.2 Å². The van der Waals surface area contributed by atoms with Crippen LogP contribution in [0.25, 0.3) is 10.9 Å². The van der Waals surface area contributed by atoms with Crippen molar-refractivity contribution in [1.82, 2.24) is 14.9 Å². The van der Waals surface area contributed by atoms with Gasteiger partial charge < -0.3 is 24.6 Å². The Hall–Kier alpha value is -3.32. The first-order valence-corrected chi connectivity index (χ1v) is 14.3. The predicted molar refractivity (Wildman–Crippen MR) is 153 cm³/mol. The Morgan fingerprint density at radius 1 is 1.07 bits per heavy atom. The molecule has 3 saturated heterocycles. The summed E-state index contributed by atoms with van der Waals surface area (Å²) in [6.45, 7) is 12.3. The van der Waals surface area contributed by atoms with Gasteiger partial charge in [-0.05, 0) is 56.1 Å². The summed E-state index contributed by atoms with van der Waals surface area (Å²) in [5.74, 6) is 1.28. The molecular weight excluding hydrogens is 507 g/mol. The highest BCUT2D eigenvalue weighted by molar-refractivity contribution is 5.81. The van der Waals surface area contributed by atoms with Crippen LogP contribution in [-0.4, -0.2) is 74.0 Å². The fraction of sp³-hybridized carbons (Fsp3) is 0.516. The lowest BCUT2D eigenvalue weighted by Gasteiger charge is -2.42. The third-order valence-corrected chi connectivity index (χ3v) is 8.89. The van der Waals surface area contributed by atoms with Crippen molar-refractivity contribution in [3.8, 4) is 6.07 Å². The average molecular weight is 545 g/mol. The third-order valence-electron chi connectivity index (χ3n) is 8.89. The zero-order valence-corrected chi connectivity index (χ0v) is 23.3. The zero-order valence-electron chi connectivity index (χ0n) is 23.3. The van der Waals surface area contributed by atoms with Crippen molar-refractivity contribution in [2.75, 3.05) is 69.4 Å². The van der Waals surface area contributed by atoms with Gasteiger partial charge in [0, 0.05) is 54.3 Å².